The van der Waals surface area contributed by atoms with Gasteiger partial charge in [0.15, 0.2) is 12.4 Å². The van der Waals surface area contributed by atoms with E-state index in [9.17, 15) is 20.2 Å². The van der Waals surface area contributed by atoms with Crippen molar-refractivity contribution in [3.8, 4) is 17.5 Å². The van der Waals surface area contributed by atoms with E-state index in [1.807, 2.05) is 36.4 Å². The number of hydrogen-bond donors (Lipinski definition) is 1. The van der Waals surface area contributed by atoms with Gasteiger partial charge in [0.05, 0.1) is 16.2 Å². The zero-order valence-corrected chi connectivity index (χ0v) is 15.8. The average molecular weight is 415 g/mol. The minimum absolute atomic E-state index is 0.0257. The lowest BCUT2D eigenvalue weighted by Crippen LogP contribution is -2.16. The van der Waals surface area contributed by atoms with Crippen molar-refractivity contribution in [3.05, 3.63) is 82.2 Å². The first kappa shape index (κ1) is 19.4. The summed E-state index contributed by atoms with van der Waals surface area (Å²) in [6.07, 6.45) is 1.57. The molecule has 31 heavy (non-hydrogen) atoms. The molecule has 1 N–H and O–H groups in total. The second kappa shape index (κ2) is 8.21. The summed E-state index contributed by atoms with van der Waals surface area (Å²) in [5.74, 6) is -0.103. The molecular formula is C19H13N9O3. The zero-order chi connectivity index (χ0) is 21.8. The van der Waals surface area contributed by atoms with Crippen LogP contribution in [0, 0.1) is 21.4 Å². The summed E-state index contributed by atoms with van der Waals surface area (Å²) in [6, 6.07) is 16.3. The van der Waals surface area contributed by atoms with E-state index in [0.29, 0.717) is 5.82 Å². The zero-order valence-electron chi connectivity index (χ0n) is 15.8. The van der Waals surface area contributed by atoms with Crippen molar-refractivity contribution in [1.29, 1.82) is 5.26 Å². The molecule has 152 valence electrons. The number of non-ortho nitro benzene ring substituents is 1. The molecule has 0 saturated heterocycles. The third kappa shape index (κ3) is 4.25. The number of anilines is 1. The van der Waals surface area contributed by atoms with Crippen LogP contribution in [-0.4, -0.2) is 40.8 Å². The van der Waals surface area contributed by atoms with Crippen LogP contribution in [0.1, 0.15) is 16.1 Å². The number of nitrogens with zero attached hydrogens (tertiary/aromatic N) is 8. The molecule has 0 atom stereocenters. The van der Waals surface area contributed by atoms with Crippen molar-refractivity contribution in [2.75, 3.05) is 5.32 Å². The number of nitro groups is 1. The minimum atomic E-state index is -0.616. The third-order valence-corrected chi connectivity index (χ3v) is 4.21. The van der Waals surface area contributed by atoms with E-state index < -0.39 is 10.8 Å². The normalized spacial score (nSPS) is 10.4. The summed E-state index contributed by atoms with van der Waals surface area (Å²) < 4.78 is 1.45. The molecule has 0 fully saturated rings. The van der Waals surface area contributed by atoms with Gasteiger partial charge >= 0.3 is 0 Å². The molecule has 0 saturated carbocycles. The van der Waals surface area contributed by atoms with E-state index in [-0.39, 0.29) is 29.3 Å². The van der Waals surface area contributed by atoms with Crippen molar-refractivity contribution in [1.82, 2.24) is 30.0 Å². The number of aromatic nitrogens is 6. The number of nitrogens with one attached hydrogen (secondary N) is 1. The second-order valence-electron chi connectivity index (χ2n) is 6.29. The van der Waals surface area contributed by atoms with E-state index >= 15 is 0 Å². The van der Waals surface area contributed by atoms with E-state index in [0.717, 1.165) is 11.6 Å². The molecule has 0 aliphatic rings. The van der Waals surface area contributed by atoms with Crippen LogP contribution in [0.5, 0.6) is 0 Å². The Morgan fingerprint density at radius 1 is 1.16 bits per heavy atom. The van der Waals surface area contributed by atoms with Crippen molar-refractivity contribution < 1.29 is 9.72 Å². The van der Waals surface area contributed by atoms with Gasteiger partial charge in [0.25, 0.3) is 11.6 Å². The van der Waals surface area contributed by atoms with Gasteiger partial charge in [0, 0.05) is 23.9 Å². The summed E-state index contributed by atoms with van der Waals surface area (Å²) in [5.41, 5.74) is 0.797. The molecule has 12 heteroatoms. The van der Waals surface area contributed by atoms with Crippen LogP contribution >= 0.6 is 0 Å². The highest BCUT2D eigenvalue weighted by molar-refractivity contribution is 6.03. The monoisotopic (exact) mass is 415 g/mol. The van der Waals surface area contributed by atoms with Crippen LogP contribution < -0.4 is 5.32 Å². The number of carbonyl (C=O) groups excluding carboxylic acids is 1. The number of amides is 1. The largest absolute Gasteiger partial charge is 0.319 e. The molecule has 2 aromatic heterocycles. The van der Waals surface area contributed by atoms with Crippen LogP contribution in [0.2, 0.25) is 0 Å². The molecule has 0 unspecified atom stereocenters. The first-order chi connectivity index (χ1) is 15.0. The van der Waals surface area contributed by atoms with Crippen LogP contribution in [0.4, 0.5) is 11.4 Å². The van der Waals surface area contributed by atoms with Crippen LogP contribution in [-0.2, 0) is 6.67 Å². The molecule has 0 bridgehead atoms. The average Bonchev–Trinajstić information content (AvgIpc) is 3.45. The fraction of sp³-hybridized carbons (Fsp3) is 0.0526. The number of benzene rings is 2. The van der Waals surface area contributed by atoms with E-state index in [1.165, 1.54) is 27.7 Å². The summed E-state index contributed by atoms with van der Waals surface area (Å²) >= 11 is 0. The third-order valence-electron chi connectivity index (χ3n) is 4.21. The lowest BCUT2D eigenvalue weighted by molar-refractivity contribution is -0.384. The smallest absolute Gasteiger partial charge is 0.276 e. The maximum atomic E-state index is 12.5. The Balaban J connectivity index is 1.46. The first-order valence-electron chi connectivity index (χ1n) is 8.90. The van der Waals surface area contributed by atoms with Crippen molar-refractivity contribution in [3.63, 3.8) is 0 Å². The molecule has 4 aromatic rings. The van der Waals surface area contributed by atoms with Gasteiger partial charge in [-0.15, -0.1) is 15.0 Å². The molecule has 2 aromatic carbocycles. The number of nitro benzene ring substituents is 1. The van der Waals surface area contributed by atoms with Gasteiger partial charge in [-0.3, -0.25) is 14.9 Å². The quantitative estimate of drug-likeness (QED) is 0.370. The Labute approximate surface area is 174 Å². The SMILES string of the molecule is N#Cc1cc([N+](=O)[O-])ccc1NC(=O)c1ccn(Cn2nnc(-c3ccccc3)n2)n1. The molecule has 0 aliphatic carbocycles. The van der Waals surface area contributed by atoms with E-state index in [2.05, 4.69) is 25.8 Å². The van der Waals surface area contributed by atoms with Gasteiger partial charge in [-0.1, -0.05) is 30.3 Å². The van der Waals surface area contributed by atoms with Crippen molar-refractivity contribution >= 4 is 17.3 Å². The fourth-order valence-corrected chi connectivity index (χ4v) is 2.73. The first-order valence-corrected chi connectivity index (χ1v) is 8.90. The molecule has 0 spiro atoms. The Bertz CT molecular complexity index is 1300. The molecule has 2 heterocycles. The van der Waals surface area contributed by atoms with Gasteiger partial charge in [-0.05, 0) is 17.3 Å². The predicted octanol–water partition coefficient (Wildman–Crippen LogP) is 2.07. The highest BCUT2D eigenvalue weighted by Crippen LogP contribution is 2.22. The number of rotatable bonds is 6. The predicted molar refractivity (Wildman–Crippen MR) is 107 cm³/mol. The summed E-state index contributed by atoms with van der Waals surface area (Å²) in [4.78, 5) is 24.0. The summed E-state index contributed by atoms with van der Waals surface area (Å²) in [7, 11) is 0. The standard InChI is InChI=1S/C19H13N9O3/c20-11-14-10-15(28(30)31)6-7-16(14)21-19(29)17-8-9-26(23-17)12-27-24-18(22-25-27)13-4-2-1-3-5-13/h1-10H,12H2,(H,21,29). The fourth-order valence-electron chi connectivity index (χ4n) is 2.73. The Morgan fingerprint density at radius 3 is 2.71 bits per heavy atom. The number of tetrazole rings is 1. The van der Waals surface area contributed by atoms with Gasteiger partial charge < -0.3 is 5.32 Å². The minimum Gasteiger partial charge on any atom is -0.319 e. The Morgan fingerprint density at radius 2 is 1.97 bits per heavy atom. The molecule has 1 amide bonds. The van der Waals surface area contributed by atoms with E-state index in [1.54, 1.807) is 6.20 Å². The number of hydrogen-bond acceptors (Lipinski definition) is 8. The van der Waals surface area contributed by atoms with Crippen molar-refractivity contribution in [2.45, 2.75) is 6.67 Å². The van der Waals surface area contributed by atoms with Gasteiger partial charge in [0.1, 0.15) is 6.07 Å². The van der Waals surface area contributed by atoms with Crippen LogP contribution in [0.15, 0.2) is 60.8 Å². The maximum Gasteiger partial charge on any atom is 0.276 e. The van der Waals surface area contributed by atoms with Gasteiger partial charge in [0.2, 0.25) is 5.82 Å². The summed E-state index contributed by atoms with van der Waals surface area (Å²) in [5, 5.41) is 39.0. The summed E-state index contributed by atoms with van der Waals surface area (Å²) in [6.45, 7) is 0.133. The maximum absolute atomic E-state index is 12.5. The van der Waals surface area contributed by atoms with Crippen molar-refractivity contribution in [2.24, 2.45) is 0 Å². The number of carbonyl (C=O) groups is 1. The lowest BCUT2D eigenvalue weighted by atomic mass is 10.1. The van der Waals surface area contributed by atoms with Gasteiger partial charge in [-0.25, -0.2) is 4.68 Å². The molecular weight excluding hydrogens is 402 g/mol. The molecule has 4 rings (SSSR count). The molecule has 12 nitrogen and oxygen atoms in total. The Kier molecular flexibility index (Phi) is 5.14. The van der Waals surface area contributed by atoms with Crippen LogP contribution in [0.25, 0.3) is 11.4 Å². The van der Waals surface area contributed by atoms with Gasteiger partial charge in [-0.2, -0.15) is 10.4 Å². The highest BCUT2D eigenvalue weighted by atomic mass is 16.6. The molecule has 0 radical (unpaired) electrons. The Hall–Kier alpha value is -4.92. The second-order valence-corrected chi connectivity index (χ2v) is 6.29. The highest BCUT2D eigenvalue weighted by Gasteiger charge is 2.16. The molecule has 0 aliphatic heterocycles. The number of nitriles is 1. The topological polar surface area (TPSA) is 157 Å². The van der Waals surface area contributed by atoms with Crippen LogP contribution in [0.3, 0.4) is 0 Å². The van der Waals surface area contributed by atoms with E-state index in [4.69, 9.17) is 0 Å². The lowest BCUT2D eigenvalue weighted by Gasteiger charge is -2.05.